The van der Waals surface area contributed by atoms with E-state index >= 15 is 0 Å². The van der Waals surface area contributed by atoms with Crippen LogP contribution in [0.25, 0.3) is 0 Å². The number of morpholine rings is 1. The molecule has 3 rings (SSSR count). The largest absolute Gasteiger partial charge is 0.496 e. The number of benzene rings is 1. The molecule has 28 heavy (non-hydrogen) atoms. The van der Waals surface area contributed by atoms with Crippen LogP contribution in [0.2, 0.25) is 0 Å². The van der Waals surface area contributed by atoms with Crippen molar-refractivity contribution in [3.05, 3.63) is 53.5 Å². The van der Waals surface area contributed by atoms with Crippen molar-refractivity contribution in [1.29, 1.82) is 0 Å². The van der Waals surface area contributed by atoms with Crippen LogP contribution in [0, 0.1) is 6.92 Å². The predicted molar refractivity (Wildman–Crippen MR) is 110 cm³/mol. The van der Waals surface area contributed by atoms with Crippen molar-refractivity contribution in [2.24, 2.45) is 4.99 Å². The Kier molecular flexibility index (Phi) is 7.33. The third kappa shape index (κ3) is 5.27. The Morgan fingerprint density at radius 2 is 1.96 bits per heavy atom. The van der Waals surface area contributed by atoms with E-state index in [0.29, 0.717) is 13.1 Å². The van der Waals surface area contributed by atoms with Crippen LogP contribution in [0.15, 0.2) is 45.8 Å². The summed E-state index contributed by atoms with van der Waals surface area (Å²) in [6.07, 6.45) is 0. The van der Waals surface area contributed by atoms with Crippen LogP contribution in [-0.4, -0.2) is 57.9 Å². The van der Waals surface area contributed by atoms with Gasteiger partial charge in [0.25, 0.3) is 0 Å². The van der Waals surface area contributed by atoms with Crippen LogP contribution < -0.4 is 15.4 Å². The van der Waals surface area contributed by atoms with Crippen molar-refractivity contribution < 1.29 is 13.9 Å². The molecule has 1 aromatic carbocycles. The number of hydrogen-bond donors (Lipinski definition) is 2. The van der Waals surface area contributed by atoms with Gasteiger partial charge >= 0.3 is 0 Å². The molecule has 7 heteroatoms. The zero-order valence-corrected chi connectivity index (χ0v) is 16.9. The van der Waals surface area contributed by atoms with Gasteiger partial charge in [0.1, 0.15) is 17.3 Å². The molecule has 1 aromatic heterocycles. The lowest BCUT2D eigenvalue weighted by Gasteiger charge is -2.33. The number of aryl methyl sites for hydroxylation is 1. The first-order valence-electron chi connectivity index (χ1n) is 9.66. The SMILES string of the molecule is CN=C(NCc1ccccc1OC)NCC(c1ccc(C)o1)N1CCOCC1. The van der Waals surface area contributed by atoms with E-state index in [1.165, 1.54) is 0 Å². The molecular weight excluding hydrogens is 356 g/mol. The van der Waals surface area contributed by atoms with Crippen molar-refractivity contribution in [3.63, 3.8) is 0 Å². The molecule has 1 aliphatic heterocycles. The van der Waals surface area contributed by atoms with Crippen LogP contribution in [-0.2, 0) is 11.3 Å². The average Bonchev–Trinajstić information content (AvgIpc) is 3.17. The molecule has 2 heterocycles. The number of ether oxygens (including phenoxy) is 2. The van der Waals surface area contributed by atoms with E-state index < -0.39 is 0 Å². The third-order valence-electron chi connectivity index (χ3n) is 4.90. The first-order valence-corrected chi connectivity index (χ1v) is 9.66. The van der Waals surface area contributed by atoms with Gasteiger partial charge < -0.3 is 24.5 Å². The summed E-state index contributed by atoms with van der Waals surface area (Å²) >= 11 is 0. The third-order valence-corrected chi connectivity index (χ3v) is 4.90. The summed E-state index contributed by atoms with van der Waals surface area (Å²) < 4.78 is 16.8. The first-order chi connectivity index (χ1) is 13.7. The highest BCUT2D eigenvalue weighted by Crippen LogP contribution is 2.23. The Morgan fingerprint density at radius 3 is 2.64 bits per heavy atom. The predicted octanol–water partition coefficient (Wildman–Crippen LogP) is 2.34. The number of nitrogens with zero attached hydrogens (tertiary/aromatic N) is 2. The number of nitrogens with one attached hydrogen (secondary N) is 2. The molecule has 0 aliphatic carbocycles. The highest BCUT2D eigenvalue weighted by atomic mass is 16.5. The summed E-state index contributed by atoms with van der Waals surface area (Å²) in [4.78, 5) is 6.75. The topological polar surface area (TPSA) is 71.3 Å². The lowest BCUT2D eigenvalue weighted by Crippen LogP contribution is -2.46. The van der Waals surface area contributed by atoms with E-state index in [0.717, 1.165) is 55.1 Å². The molecule has 7 nitrogen and oxygen atoms in total. The summed E-state index contributed by atoms with van der Waals surface area (Å²) in [6, 6.07) is 12.2. The molecule has 2 N–H and O–H groups in total. The molecule has 152 valence electrons. The fourth-order valence-electron chi connectivity index (χ4n) is 3.37. The smallest absolute Gasteiger partial charge is 0.191 e. The maximum Gasteiger partial charge on any atom is 0.191 e. The highest BCUT2D eigenvalue weighted by molar-refractivity contribution is 5.79. The Bertz CT molecular complexity index is 769. The zero-order chi connectivity index (χ0) is 19.8. The van der Waals surface area contributed by atoms with E-state index in [1.54, 1.807) is 14.2 Å². The second-order valence-corrected chi connectivity index (χ2v) is 6.73. The van der Waals surface area contributed by atoms with Crippen LogP contribution >= 0.6 is 0 Å². The number of guanidine groups is 1. The lowest BCUT2D eigenvalue weighted by molar-refractivity contribution is 0.0124. The molecule has 0 bridgehead atoms. The van der Waals surface area contributed by atoms with E-state index in [9.17, 15) is 0 Å². The van der Waals surface area contributed by atoms with Gasteiger partial charge in [-0.25, -0.2) is 0 Å². The fourth-order valence-corrected chi connectivity index (χ4v) is 3.37. The Morgan fingerprint density at radius 1 is 1.18 bits per heavy atom. The molecule has 1 atom stereocenters. The maximum atomic E-state index is 5.93. The van der Waals surface area contributed by atoms with Crippen LogP contribution in [0.4, 0.5) is 0 Å². The van der Waals surface area contributed by atoms with Crippen molar-refractivity contribution in [1.82, 2.24) is 15.5 Å². The summed E-state index contributed by atoms with van der Waals surface area (Å²) in [6.45, 7) is 6.57. The molecule has 0 amide bonds. The monoisotopic (exact) mass is 386 g/mol. The normalized spacial score (nSPS) is 16.6. The number of rotatable bonds is 7. The molecule has 1 aliphatic rings. The molecule has 2 aromatic rings. The molecule has 0 saturated carbocycles. The van der Waals surface area contributed by atoms with E-state index in [1.807, 2.05) is 37.3 Å². The minimum absolute atomic E-state index is 0.127. The molecule has 1 fully saturated rings. The highest BCUT2D eigenvalue weighted by Gasteiger charge is 2.25. The van der Waals surface area contributed by atoms with E-state index in [4.69, 9.17) is 13.9 Å². The lowest BCUT2D eigenvalue weighted by atomic mass is 10.1. The summed E-state index contributed by atoms with van der Waals surface area (Å²) in [5, 5.41) is 6.80. The molecular formula is C21H30N4O3. The number of aliphatic imine (C=N–C) groups is 1. The molecule has 1 saturated heterocycles. The molecule has 1 unspecified atom stereocenters. The van der Waals surface area contributed by atoms with Gasteiger partial charge in [-0.3, -0.25) is 9.89 Å². The minimum atomic E-state index is 0.127. The van der Waals surface area contributed by atoms with Gasteiger partial charge in [-0.2, -0.15) is 0 Å². The Labute approximate surface area is 166 Å². The Hall–Kier alpha value is -2.51. The second-order valence-electron chi connectivity index (χ2n) is 6.73. The summed E-state index contributed by atoms with van der Waals surface area (Å²) in [5.41, 5.74) is 1.08. The quantitative estimate of drug-likeness (QED) is 0.562. The average molecular weight is 386 g/mol. The Balaban J connectivity index is 1.62. The van der Waals surface area contributed by atoms with Gasteiger partial charge in [-0.05, 0) is 25.1 Å². The second kappa shape index (κ2) is 10.1. The zero-order valence-electron chi connectivity index (χ0n) is 16.9. The maximum absolute atomic E-state index is 5.93. The van der Waals surface area contributed by atoms with Crippen LogP contribution in [0.5, 0.6) is 5.75 Å². The number of methoxy groups -OCH3 is 1. The van der Waals surface area contributed by atoms with Gasteiger partial charge in [-0.1, -0.05) is 18.2 Å². The van der Waals surface area contributed by atoms with Crippen molar-refractivity contribution >= 4 is 5.96 Å². The van der Waals surface area contributed by atoms with Gasteiger partial charge in [0.2, 0.25) is 0 Å². The number of furan rings is 1. The van der Waals surface area contributed by atoms with Crippen molar-refractivity contribution in [2.75, 3.05) is 47.0 Å². The van der Waals surface area contributed by atoms with Crippen LogP contribution in [0.3, 0.4) is 0 Å². The fraction of sp³-hybridized carbons (Fsp3) is 0.476. The van der Waals surface area contributed by atoms with Gasteiger partial charge in [-0.15, -0.1) is 0 Å². The number of para-hydroxylation sites is 1. The van der Waals surface area contributed by atoms with Gasteiger partial charge in [0.05, 0.1) is 26.4 Å². The van der Waals surface area contributed by atoms with Crippen molar-refractivity contribution in [3.8, 4) is 5.75 Å². The van der Waals surface area contributed by atoms with Crippen LogP contribution in [0.1, 0.15) is 23.1 Å². The number of hydrogen-bond acceptors (Lipinski definition) is 5. The molecule has 0 radical (unpaired) electrons. The first kappa shape index (κ1) is 20.2. The van der Waals surface area contributed by atoms with Gasteiger partial charge in [0.15, 0.2) is 5.96 Å². The van der Waals surface area contributed by atoms with Gasteiger partial charge in [0, 0.05) is 38.8 Å². The summed E-state index contributed by atoms with van der Waals surface area (Å²) in [5.74, 6) is 3.49. The van der Waals surface area contributed by atoms with E-state index in [-0.39, 0.29) is 6.04 Å². The minimum Gasteiger partial charge on any atom is -0.496 e. The van der Waals surface area contributed by atoms with Crippen molar-refractivity contribution in [2.45, 2.75) is 19.5 Å². The molecule has 0 spiro atoms. The standard InChI is InChI=1S/C21H30N4O3/c1-16-8-9-20(28-16)18(25-10-12-27-13-11-25)15-24-21(22-2)23-14-17-6-4-5-7-19(17)26-3/h4-9,18H,10-15H2,1-3H3,(H2,22,23,24). The summed E-state index contributed by atoms with van der Waals surface area (Å²) in [7, 11) is 3.46. The van der Waals surface area contributed by atoms with E-state index in [2.05, 4.69) is 26.6 Å².